The fourth-order valence-corrected chi connectivity index (χ4v) is 2.26. The van der Waals surface area contributed by atoms with E-state index in [1.165, 1.54) is 22.9 Å². The largest absolute Gasteiger partial charge is 0.368 e. The van der Waals surface area contributed by atoms with Crippen LogP contribution < -0.4 is 5.73 Å². The SMILES string of the molecule is CCc1c(C)nn(-c2nc(N)nc(-n3cncn3)n2)c1C. The lowest BCUT2D eigenvalue weighted by atomic mass is 10.1. The molecule has 3 aromatic rings. The zero-order chi connectivity index (χ0) is 15.0. The third-order valence-electron chi connectivity index (χ3n) is 3.24. The summed E-state index contributed by atoms with van der Waals surface area (Å²) in [5.74, 6) is 0.782. The predicted octanol–water partition coefficient (Wildman–Crippen LogP) is 0.399. The van der Waals surface area contributed by atoms with Crippen molar-refractivity contribution in [3.8, 4) is 11.9 Å². The van der Waals surface area contributed by atoms with Gasteiger partial charge in [-0.2, -0.15) is 29.8 Å². The Hall–Kier alpha value is -2.84. The molecule has 2 N–H and O–H groups in total. The highest BCUT2D eigenvalue weighted by atomic mass is 15.4. The molecule has 108 valence electrons. The molecule has 0 aliphatic heterocycles. The Morgan fingerprint density at radius 2 is 1.90 bits per heavy atom. The summed E-state index contributed by atoms with van der Waals surface area (Å²) in [6.07, 6.45) is 3.80. The molecule has 0 unspecified atom stereocenters. The first-order valence-electron chi connectivity index (χ1n) is 6.52. The molecule has 0 amide bonds. The van der Waals surface area contributed by atoms with E-state index in [4.69, 9.17) is 5.73 Å². The van der Waals surface area contributed by atoms with Gasteiger partial charge in [0.25, 0.3) is 11.9 Å². The van der Waals surface area contributed by atoms with Gasteiger partial charge in [0.1, 0.15) is 12.7 Å². The van der Waals surface area contributed by atoms with Crippen LogP contribution in [0.4, 0.5) is 5.95 Å². The molecule has 0 radical (unpaired) electrons. The van der Waals surface area contributed by atoms with Crippen molar-refractivity contribution >= 4 is 5.95 Å². The lowest BCUT2D eigenvalue weighted by Gasteiger charge is -2.06. The van der Waals surface area contributed by atoms with E-state index in [0.717, 1.165) is 17.8 Å². The molecule has 0 atom stereocenters. The molecule has 21 heavy (non-hydrogen) atoms. The molecule has 3 aromatic heterocycles. The van der Waals surface area contributed by atoms with Gasteiger partial charge >= 0.3 is 0 Å². The molecule has 0 fully saturated rings. The molecular weight excluding hydrogens is 270 g/mol. The van der Waals surface area contributed by atoms with Gasteiger partial charge < -0.3 is 5.73 Å². The Kier molecular flexibility index (Phi) is 3.09. The van der Waals surface area contributed by atoms with Crippen LogP contribution in [0.25, 0.3) is 11.9 Å². The van der Waals surface area contributed by atoms with Gasteiger partial charge in [0.15, 0.2) is 0 Å². The van der Waals surface area contributed by atoms with Crippen LogP contribution in [0.5, 0.6) is 0 Å². The van der Waals surface area contributed by atoms with Gasteiger partial charge in [-0.3, -0.25) is 0 Å². The van der Waals surface area contributed by atoms with E-state index in [1.54, 1.807) is 4.68 Å². The molecule has 0 saturated carbocycles. The van der Waals surface area contributed by atoms with Crippen LogP contribution in [0.2, 0.25) is 0 Å². The van der Waals surface area contributed by atoms with Gasteiger partial charge in [0.05, 0.1) is 5.69 Å². The minimum Gasteiger partial charge on any atom is -0.368 e. The van der Waals surface area contributed by atoms with Crippen LogP contribution in [-0.4, -0.2) is 39.5 Å². The van der Waals surface area contributed by atoms with Crippen molar-refractivity contribution in [1.82, 2.24) is 39.5 Å². The maximum atomic E-state index is 5.77. The third-order valence-corrected chi connectivity index (χ3v) is 3.24. The molecular formula is C12H15N9. The normalized spacial score (nSPS) is 11.0. The minimum atomic E-state index is 0.108. The Balaban J connectivity index is 2.15. The topological polar surface area (TPSA) is 113 Å². The van der Waals surface area contributed by atoms with Gasteiger partial charge in [0, 0.05) is 5.69 Å². The Bertz CT molecular complexity index is 772. The van der Waals surface area contributed by atoms with Crippen molar-refractivity contribution in [1.29, 1.82) is 0 Å². The van der Waals surface area contributed by atoms with E-state index < -0.39 is 0 Å². The molecule has 0 aliphatic carbocycles. The van der Waals surface area contributed by atoms with Crippen LogP contribution in [0, 0.1) is 13.8 Å². The smallest absolute Gasteiger partial charge is 0.258 e. The summed E-state index contributed by atoms with van der Waals surface area (Å²) in [7, 11) is 0. The number of nitrogens with two attached hydrogens (primary N) is 1. The second-order valence-corrected chi connectivity index (χ2v) is 4.55. The summed E-state index contributed by atoms with van der Waals surface area (Å²) in [5.41, 5.74) is 8.89. The Morgan fingerprint density at radius 3 is 2.52 bits per heavy atom. The van der Waals surface area contributed by atoms with E-state index in [-0.39, 0.29) is 5.95 Å². The number of aryl methyl sites for hydroxylation is 1. The van der Waals surface area contributed by atoms with Gasteiger partial charge in [-0.15, -0.1) is 0 Å². The highest BCUT2D eigenvalue weighted by molar-refractivity contribution is 5.33. The zero-order valence-electron chi connectivity index (χ0n) is 12.0. The second-order valence-electron chi connectivity index (χ2n) is 4.55. The highest BCUT2D eigenvalue weighted by Crippen LogP contribution is 2.17. The number of hydrogen-bond acceptors (Lipinski definition) is 7. The van der Waals surface area contributed by atoms with Crippen molar-refractivity contribution in [3.05, 3.63) is 29.6 Å². The predicted molar refractivity (Wildman–Crippen MR) is 75.1 cm³/mol. The highest BCUT2D eigenvalue weighted by Gasteiger charge is 2.15. The molecule has 0 saturated heterocycles. The van der Waals surface area contributed by atoms with Gasteiger partial charge in [0.2, 0.25) is 5.95 Å². The number of hydrogen-bond donors (Lipinski definition) is 1. The number of nitrogen functional groups attached to an aromatic ring is 1. The van der Waals surface area contributed by atoms with Crippen molar-refractivity contribution in [3.63, 3.8) is 0 Å². The van der Waals surface area contributed by atoms with Crippen molar-refractivity contribution in [2.24, 2.45) is 0 Å². The second kappa shape index (κ2) is 4.93. The van der Waals surface area contributed by atoms with E-state index >= 15 is 0 Å². The summed E-state index contributed by atoms with van der Waals surface area (Å²) < 4.78 is 3.10. The molecule has 9 nitrogen and oxygen atoms in total. The monoisotopic (exact) mass is 285 g/mol. The fraction of sp³-hybridized carbons (Fsp3) is 0.333. The maximum Gasteiger partial charge on any atom is 0.258 e. The summed E-state index contributed by atoms with van der Waals surface area (Å²) in [6.45, 7) is 6.03. The first kappa shape index (κ1) is 13.2. The quantitative estimate of drug-likeness (QED) is 0.740. The third kappa shape index (κ3) is 2.22. The lowest BCUT2D eigenvalue weighted by Crippen LogP contribution is -2.13. The van der Waals surface area contributed by atoms with Crippen molar-refractivity contribution in [2.75, 3.05) is 5.73 Å². The minimum absolute atomic E-state index is 0.108. The Labute approximate surface area is 120 Å². The van der Waals surface area contributed by atoms with Crippen LogP contribution in [0.15, 0.2) is 12.7 Å². The van der Waals surface area contributed by atoms with Crippen LogP contribution in [0.1, 0.15) is 23.9 Å². The van der Waals surface area contributed by atoms with Crippen molar-refractivity contribution < 1.29 is 0 Å². The molecule has 0 spiro atoms. The number of nitrogens with zero attached hydrogens (tertiary/aromatic N) is 8. The number of rotatable bonds is 3. The molecule has 3 heterocycles. The van der Waals surface area contributed by atoms with E-state index in [0.29, 0.717) is 11.9 Å². The zero-order valence-corrected chi connectivity index (χ0v) is 12.0. The summed E-state index contributed by atoms with van der Waals surface area (Å²) in [5, 5.41) is 8.47. The van der Waals surface area contributed by atoms with Crippen LogP contribution in [-0.2, 0) is 6.42 Å². The van der Waals surface area contributed by atoms with E-state index in [9.17, 15) is 0 Å². The fourth-order valence-electron chi connectivity index (χ4n) is 2.26. The van der Waals surface area contributed by atoms with E-state index in [2.05, 4.69) is 37.1 Å². The first-order valence-corrected chi connectivity index (χ1v) is 6.52. The molecule has 3 rings (SSSR count). The maximum absolute atomic E-state index is 5.77. The number of anilines is 1. The molecule has 0 bridgehead atoms. The van der Waals surface area contributed by atoms with Crippen molar-refractivity contribution in [2.45, 2.75) is 27.2 Å². The molecule has 0 aliphatic rings. The average molecular weight is 285 g/mol. The molecule has 0 aromatic carbocycles. The first-order chi connectivity index (χ1) is 10.1. The van der Waals surface area contributed by atoms with Crippen LogP contribution in [0.3, 0.4) is 0 Å². The summed E-state index contributed by atoms with van der Waals surface area (Å²) >= 11 is 0. The van der Waals surface area contributed by atoms with Gasteiger partial charge in [-0.1, -0.05) is 6.92 Å². The Morgan fingerprint density at radius 1 is 1.14 bits per heavy atom. The van der Waals surface area contributed by atoms with Gasteiger partial charge in [-0.05, 0) is 25.8 Å². The summed E-state index contributed by atoms with van der Waals surface area (Å²) in [6, 6.07) is 0. The average Bonchev–Trinajstić information content (AvgIpc) is 3.07. The molecule has 9 heteroatoms. The van der Waals surface area contributed by atoms with Crippen LogP contribution >= 0.6 is 0 Å². The number of aromatic nitrogens is 8. The van der Waals surface area contributed by atoms with E-state index in [1.807, 2.05) is 13.8 Å². The standard InChI is InChI=1S/C12H15N9/c1-4-9-7(2)19-21(8(9)3)12-17-10(13)16-11(18-12)20-6-14-5-15-20/h5-6H,4H2,1-3H3,(H2,13,16,17,18). The lowest BCUT2D eigenvalue weighted by molar-refractivity contribution is 0.731. The summed E-state index contributed by atoms with van der Waals surface area (Å²) in [4.78, 5) is 16.4. The van der Waals surface area contributed by atoms with Gasteiger partial charge in [-0.25, -0.2) is 9.67 Å².